The second kappa shape index (κ2) is 18.6. The van der Waals surface area contributed by atoms with Gasteiger partial charge in [-0.3, -0.25) is 4.99 Å². The molecule has 0 radical (unpaired) electrons. The van der Waals surface area contributed by atoms with E-state index in [1.807, 2.05) is 0 Å². The summed E-state index contributed by atoms with van der Waals surface area (Å²) in [4.78, 5) is 13.5. The van der Waals surface area contributed by atoms with Crippen LogP contribution in [0.4, 0.5) is 11.5 Å². The van der Waals surface area contributed by atoms with Crippen molar-refractivity contribution in [3.63, 3.8) is 0 Å². The van der Waals surface area contributed by atoms with Crippen molar-refractivity contribution >= 4 is 23.9 Å². The van der Waals surface area contributed by atoms with Crippen LogP contribution in [0.5, 0.6) is 11.5 Å². The minimum atomic E-state index is 0.0856. The van der Waals surface area contributed by atoms with Gasteiger partial charge >= 0.3 is 0 Å². The van der Waals surface area contributed by atoms with Crippen LogP contribution in [0, 0.1) is 23.7 Å². The standard InChI is InChI=1S/C45H43N3O2/c1-3-5-7-10-34-13-17-36(18-14-34)21-23-38-25-27-43(49)40(30-38)32-47-42-12-9-29-46-45(42)48-33-41-31-39(26-28-44(41)50)24-22-37-19-15-35(16-20-37)11-8-6-4-2/h9,12-20,25-33,49-50H,3-8,10-11H2,1-2H3/b47-32?,48-33+. The highest BCUT2D eigenvalue weighted by Crippen LogP contribution is 2.26. The number of hydrogen-bond donors (Lipinski definition) is 2. The first kappa shape index (κ1) is 35.4. The van der Waals surface area contributed by atoms with E-state index >= 15 is 0 Å². The highest BCUT2D eigenvalue weighted by atomic mass is 16.3. The van der Waals surface area contributed by atoms with Crippen molar-refractivity contribution in [2.24, 2.45) is 9.98 Å². The quantitative estimate of drug-likeness (QED) is 0.0796. The van der Waals surface area contributed by atoms with Crippen LogP contribution in [0.25, 0.3) is 0 Å². The summed E-state index contributed by atoms with van der Waals surface area (Å²) in [5.74, 6) is 13.4. The Morgan fingerprint density at radius 2 is 1.02 bits per heavy atom. The van der Waals surface area contributed by atoms with Crippen LogP contribution in [0.3, 0.4) is 0 Å². The Bertz CT molecular complexity index is 1900. The lowest BCUT2D eigenvalue weighted by Gasteiger charge is -2.03. The molecule has 1 aromatic heterocycles. The van der Waals surface area contributed by atoms with Gasteiger partial charge in [-0.05, 0) is 110 Å². The third kappa shape index (κ3) is 10.8. The third-order valence-corrected chi connectivity index (χ3v) is 8.24. The average molecular weight is 658 g/mol. The van der Waals surface area contributed by atoms with Crippen LogP contribution in [0.15, 0.2) is 113 Å². The van der Waals surface area contributed by atoms with Gasteiger partial charge in [-0.25, -0.2) is 9.98 Å². The summed E-state index contributed by atoms with van der Waals surface area (Å²) in [5.41, 5.74) is 7.60. The van der Waals surface area contributed by atoms with Gasteiger partial charge in [0.25, 0.3) is 0 Å². The van der Waals surface area contributed by atoms with E-state index in [4.69, 9.17) is 0 Å². The van der Waals surface area contributed by atoms with Crippen LogP contribution >= 0.6 is 0 Å². The van der Waals surface area contributed by atoms with Gasteiger partial charge in [-0.2, -0.15) is 0 Å². The molecule has 5 aromatic rings. The number of aliphatic imine (C=N–C) groups is 2. The lowest BCUT2D eigenvalue weighted by molar-refractivity contribution is 0.474. The van der Waals surface area contributed by atoms with E-state index in [0.717, 1.165) is 35.1 Å². The molecule has 0 unspecified atom stereocenters. The monoisotopic (exact) mass is 657 g/mol. The van der Waals surface area contributed by atoms with Crippen molar-refractivity contribution in [2.75, 3.05) is 0 Å². The molecule has 0 spiro atoms. The fourth-order valence-corrected chi connectivity index (χ4v) is 5.29. The Hall–Kier alpha value is -5.91. The van der Waals surface area contributed by atoms with Gasteiger partial charge in [0.1, 0.15) is 17.2 Å². The molecule has 0 saturated carbocycles. The molecule has 0 aliphatic rings. The molecule has 2 N–H and O–H groups in total. The summed E-state index contributed by atoms with van der Waals surface area (Å²) >= 11 is 0. The summed E-state index contributed by atoms with van der Waals surface area (Å²) in [6.07, 6.45) is 14.3. The lowest BCUT2D eigenvalue weighted by Crippen LogP contribution is -1.87. The summed E-state index contributed by atoms with van der Waals surface area (Å²) in [6, 6.07) is 30.8. The fraction of sp³-hybridized carbons (Fsp3) is 0.222. The molecule has 5 nitrogen and oxygen atoms in total. The molecule has 4 aromatic carbocycles. The average Bonchev–Trinajstić information content (AvgIpc) is 3.14. The van der Waals surface area contributed by atoms with Crippen molar-refractivity contribution < 1.29 is 10.2 Å². The van der Waals surface area contributed by atoms with Crippen LogP contribution in [-0.4, -0.2) is 27.6 Å². The summed E-state index contributed by atoms with van der Waals surface area (Å²) in [6.45, 7) is 4.43. The molecule has 5 rings (SSSR count). The fourth-order valence-electron chi connectivity index (χ4n) is 5.29. The molecule has 0 fully saturated rings. The topological polar surface area (TPSA) is 78.1 Å². The molecule has 0 saturated heterocycles. The highest BCUT2D eigenvalue weighted by molar-refractivity contribution is 5.89. The van der Waals surface area contributed by atoms with Gasteiger partial charge in [0.15, 0.2) is 5.82 Å². The number of rotatable bonds is 12. The van der Waals surface area contributed by atoms with Gasteiger partial charge in [-0.1, -0.05) is 87.5 Å². The molecule has 250 valence electrons. The molecule has 0 atom stereocenters. The van der Waals surface area contributed by atoms with Gasteiger partial charge in [-0.15, -0.1) is 0 Å². The molecule has 0 bridgehead atoms. The number of aromatic hydroxyl groups is 2. The number of phenolic OH excluding ortho intramolecular Hbond substituents is 2. The van der Waals surface area contributed by atoms with Gasteiger partial charge in [0.2, 0.25) is 0 Å². The van der Waals surface area contributed by atoms with Crippen molar-refractivity contribution in [1.29, 1.82) is 0 Å². The Morgan fingerprint density at radius 1 is 0.560 bits per heavy atom. The Labute approximate surface area is 296 Å². The number of phenols is 2. The number of nitrogens with zero attached hydrogens (tertiary/aromatic N) is 3. The van der Waals surface area contributed by atoms with Crippen LogP contribution in [-0.2, 0) is 12.8 Å². The molecule has 50 heavy (non-hydrogen) atoms. The number of aromatic nitrogens is 1. The molecule has 0 aliphatic heterocycles. The SMILES string of the molecule is CCCCCc1ccc(C#Cc2ccc(O)c(C=Nc3cccnc3/N=C/c3cc(C#Cc4ccc(CCCCC)cc4)ccc3O)c2)cc1. The second-order valence-corrected chi connectivity index (χ2v) is 12.2. The summed E-state index contributed by atoms with van der Waals surface area (Å²) < 4.78 is 0. The molecule has 0 amide bonds. The van der Waals surface area contributed by atoms with E-state index < -0.39 is 0 Å². The maximum atomic E-state index is 10.5. The third-order valence-electron chi connectivity index (χ3n) is 8.24. The van der Waals surface area contributed by atoms with Crippen molar-refractivity contribution in [3.05, 3.63) is 148 Å². The van der Waals surface area contributed by atoms with E-state index in [1.54, 1.807) is 67.2 Å². The Kier molecular flexibility index (Phi) is 13.2. The van der Waals surface area contributed by atoms with Crippen LogP contribution < -0.4 is 0 Å². The predicted molar refractivity (Wildman–Crippen MR) is 206 cm³/mol. The van der Waals surface area contributed by atoms with Crippen LogP contribution in [0.2, 0.25) is 0 Å². The number of unbranched alkanes of at least 4 members (excludes halogenated alkanes) is 4. The zero-order chi connectivity index (χ0) is 35.0. The normalized spacial score (nSPS) is 10.9. The maximum Gasteiger partial charge on any atom is 0.178 e. The zero-order valence-electron chi connectivity index (χ0n) is 28.9. The zero-order valence-corrected chi connectivity index (χ0v) is 28.9. The Balaban J connectivity index is 1.27. The molecular formula is C45H43N3O2. The minimum Gasteiger partial charge on any atom is -0.507 e. The molecule has 5 heteroatoms. The van der Waals surface area contributed by atoms with Crippen LogP contribution in [0.1, 0.15) is 96.9 Å². The number of benzene rings is 4. The Morgan fingerprint density at radius 3 is 1.52 bits per heavy atom. The molecular weight excluding hydrogens is 615 g/mol. The lowest BCUT2D eigenvalue weighted by atomic mass is 10.1. The van der Waals surface area contributed by atoms with Gasteiger partial charge < -0.3 is 10.2 Å². The largest absolute Gasteiger partial charge is 0.507 e. The first-order valence-electron chi connectivity index (χ1n) is 17.4. The minimum absolute atomic E-state index is 0.0856. The van der Waals surface area contributed by atoms with E-state index in [9.17, 15) is 10.2 Å². The first-order chi connectivity index (χ1) is 24.5. The van der Waals surface area contributed by atoms with Gasteiger partial charge in [0, 0.05) is 52.0 Å². The first-order valence-corrected chi connectivity index (χ1v) is 17.4. The van der Waals surface area contributed by atoms with Crippen molar-refractivity contribution in [3.8, 4) is 35.2 Å². The van der Waals surface area contributed by atoms with Gasteiger partial charge in [0.05, 0.1) is 0 Å². The number of hydrogen-bond acceptors (Lipinski definition) is 5. The summed E-state index contributed by atoms with van der Waals surface area (Å²) in [5, 5.41) is 21.1. The van der Waals surface area contributed by atoms with E-state index in [-0.39, 0.29) is 11.5 Å². The van der Waals surface area contributed by atoms with Crippen molar-refractivity contribution in [1.82, 2.24) is 4.98 Å². The predicted octanol–water partition coefficient (Wildman–Crippen LogP) is 10.3. The van der Waals surface area contributed by atoms with E-state index in [2.05, 4.69) is 101 Å². The smallest absolute Gasteiger partial charge is 0.178 e. The summed E-state index contributed by atoms with van der Waals surface area (Å²) in [7, 11) is 0. The molecule has 1 heterocycles. The molecule has 0 aliphatic carbocycles. The van der Waals surface area contributed by atoms with Crippen molar-refractivity contribution in [2.45, 2.75) is 65.2 Å². The second-order valence-electron chi connectivity index (χ2n) is 12.2. The van der Waals surface area contributed by atoms with E-state index in [0.29, 0.717) is 22.6 Å². The van der Waals surface area contributed by atoms with E-state index in [1.165, 1.54) is 49.7 Å². The maximum absolute atomic E-state index is 10.5. The number of aryl methyl sites for hydroxylation is 2. The number of pyridine rings is 1. The highest BCUT2D eigenvalue weighted by Gasteiger charge is 2.05.